The molecule has 0 saturated carbocycles. The Morgan fingerprint density at radius 1 is 1.19 bits per heavy atom. The maximum absolute atomic E-state index is 5.69. The van der Waals surface area contributed by atoms with Crippen molar-refractivity contribution in [2.24, 2.45) is 7.05 Å². The summed E-state index contributed by atoms with van der Waals surface area (Å²) in [5.74, 6) is 0.425. The van der Waals surface area contributed by atoms with Crippen LogP contribution in [0.4, 0.5) is 5.69 Å². The largest absolute Gasteiger partial charge is 0.399 e. The normalized spacial score (nSPS) is 11.0. The van der Waals surface area contributed by atoms with Gasteiger partial charge < -0.3 is 5.73 Å². The Labute approximate surface area is 95.9 Å². The van der Waals surface area contributed by atoms with Crippen molar-refractivity contribution in [1.29, 1.82) is 0 Å². The van der Waals surface area contributed by atoms with Gasteiger partial charge in [-0.05, 0) is 23.6 Å². The molecule has 2 rings (SSSR count). The fourth-order valence-corrected chi connectivity index (χ4v) is 1.82. The molecule has 0 spiro atoms. The summed E-state index contributed by atoms with van der Waals surface area (Å²) in [6.07, 6.45) is 2.06. The van der Waals surface area contributed by atoms with Gasteiger partial charge in [0.2, 0.25) is 0 Å². The van der Waals surface area contributed by atoms with E-state index in [1.54, 1.807) is 0 Å². The summed E-state index contributed by atoms with van der Waals surface area (Å²) in [4.78, 5) is 0. The molecular weight excluding hydrogens is 198 g/mol. The fourth-order valence-electron chi connectivity index (χ4n) is 1.82. The number of nitrogen functional groups attached to an aromatic ring is 1. The van der Waals surface area contributed by atoms with Crippen molar-refractivity contribution in [3.8, 4) is 11.1 Å². The summed E-state index contributed by atoms with van der Waals surface area (Å²) in [5, 5.41) is 4.49. The van der Waals surface area contributed by atoms with Crippen LogP contribution in [0.1, 0.15) is 25.5 Å². The molecule has 0 atom stereocenters. The molecule has 0 aliphatic heterocycles. The molecule has 2 N–H and O–H groups in total. The summed E-state index contributed by atoms with van der Waals surface area (Å²) < 4.78 is 1.86. The van der Waals surface area contributed by atoms with Gasteiger partial charge in [0.15, 0.2) is 0 Å². The number of anilines is 1. The van der Waals surface area contributed by atoms with Gasteiger partial charge >= 0.3 is 0 Å². The van der Waals surface area contributed by atoms with Gasteiger partial charge in [0.05, 0.1) is 5.69 Å². The second kappa shape index (κ2) is 4.00. The molecule has 2 aromatic rings. The average molecular weight is 215 g/mol. The molecule has 0 amide bonds. The minimum atomic E-state index is 0.425. The van der Waals surface area contributed by atoms with Crippen LogP contribution in [0.2, 0.25) is 0 Å². The molecule has 16 heavy (non-hydrogen) atoms. The highest BCUT2D eigenvalue weighted by Gasteiger charge is 2.12. The lowest BCUT2D eigenvalue weighted by Gasteiger charge is -2.05. The Morgan fingerprint density at radius 3 is 2.38 bits per heavy atom. The number of benzene rings is 1. The van der Waals surface area contributed by atoms with Gasteiger partial charge in [-0.25, -0.2) is 0 Å². The van der Waals surface area contributed by atoms with E-state index in [4.69, 9.17) is 5.73 Å². The first-order chi connectivity index (χ1) is 7.58. The third-order valence-electron chi connectivity index (χ3n) is 2.63. The van der Waals surface area contributed by atoms with E-state index >= 15 is 0 Å². The van der Waals surface area contributed by atoms with Crippen LogP contribution >= 0.6 is 0 Å². The van der Waals surface area contributed by atoms with Gasteiger partial charge in [-0.1, -0.05) is 26.0 Å². The van der Waals surface area contributed by atoms with E-state index in [1.807, 2.05) is 36.0 Å². The van der Waals surface area contributed by atoms with Crippen LogP contribution in [-0.4, -0.2) is 9.78 Å². The highest BCUT2D eigenvalue weighted by molar-refractivity contribution is 5.67. The Kier molecular flexibility index (Phi) is 2.69. The summed E-state index contributed by atoms with van der Waals surface area (Å²) in [5.41, 5.74) is 9.97. The van der Waals surface area contributed by atoms with E-state index < -0.39 is 0 Å². The highest BCUT2D eigenvalue weighted by atomic mass is 15.3. The number of nitrogens with two attached hydrogens (primary N) is 1. The fraction of sp³-hybridized carbons (Fsp3) is 0.308. The minimum absolute atomic E-state index is 0.425. The second-order valence-electron chi connectivity index (χ2n) is 4.38. The van der Waals surface area contributed by atoms with E-state index in [0.717, 1.165) is 11.4 Å². The number of rotatable bonds is 2. The SMILES string of the molecule is CC(C)c1nn(C)cc1-c1ccc(N)cc1. The molecule has 0 saturated heterocycles. The predicted molar refractivity (Wildman–Crippen MR) is 67.1 cm³/mol. The maximum Gasteiger partial charge on any atom is 0.0728 e. The topological polar surface area (TPSA) is 43.8 Å². The van der Waals surface area contributed by atoms with E-state index in [-0.39, 0.29) is 0 Å². The first kappa shape index (κ1) is 10.7. The van der Waals surface area contributed by atoms with Gasteiger partial charge in [-0.2, -0.15) is 5.10 Å². The summed E-state index contributed by atoms with van der Waals surface area (Å²) in [6, 6.07) is 7.93. The zero-order valence-corrected chi connectivity index (χ0v) is 9.94. The zero-order valence-electron chi connectivity index (χ0n) is 9.94. The van der Waals surface area contributed by atoms with Gasteiger partial charge in [0.25, 0.3) is 0 Å². The minimum Gasteiger partial charge on any atom is -0.399 e. The zero-order chi connectivity index (χ0) is 11.7. The molecule has 84 valence electrons. The Balaban J connectivity index is 2.50. The first-order valence-electron chi connectivity index (χ1n) is 5.47. The molecule has 0 unspecified atom stereocenters. The molecule has 0 fully saturated rings. The quantitative estimate of drug-likeness (QED) is 0.783. The molecule has 1 aromatic heterocycles. The standard InChI is InChI=1S/C13H17N3/c1-9(2)13-12(8-16(3)15-13)10-4-6-11(14)7-5-10/h4-9H,14H2,1-3H3. The molecular formula is C13H17N3. The molecule has 0 aliphatic carbocycles. The van der Waals surface area contributed by atoms with E-state index in [0.29, 0.717) is 5.92 Å². The van der Waals surface area contributed by atoms with Crippen molar-refractivity contribution in [2.45, 2.75) is 19.8 Å². The smallest absolute Gasteiger partial charge is 0.0728 e. The Hall–Kier alpha value is -1.77. The molecule has 3 nitrogen and oxygen atoms in total. The predicted octanol–water partition coefficient (Wildman–Crippen LogP) is 2.79. The summed E-state index contributed by atoms with van der Waals surface area (Å²) in [6.45, 7) is 4.31. The van der Waals surface area contributed by atoms with E-state index in [9.17, 15) is 0 Å². The number of aryl methyl sites for hydroxylation is 1. The summed E-state index contributed by atoms with van der Waals surface area (Å²) in [7, 11) is 1.95. The molecule has 1 aromatic carbocycles. The maximum atomic E-state index is 5.69. The number of nitrogens with zero attached hydrogens (tertiary/aromatic N) is 2. The molecule has 0 aliphatic rings. The van der Waals surface area contributed by atoms with Gasteiger partial charge in [0.1, 0.15) is 0 Å². The monoisotopic (exact) mass is 215 g/mol. The first-order valence-corrected chi connectivity index (χ1v) is 5.47. The van der Waals surface area contributed by atoms with Gasteiger partial charge in [-0.3, -0.25) is 4.68 Å². The van der Waals surface area contributed by atoms with Crippen molar-refractivity contribution in [3.05, 3.63) is 36.2 Å². The Bertz CT molecular complexity index is 480. The second-order valence-corrected chi connectivity index (χ2v) is 4.38. The van der Waals surface area contributed by atoms with Crippen LogP contribution in [0, 0.1) is 0 Å². The van der Waals surface area contributed by atoms with E-state index in [1.165, 1.54) is 11.1 Å². The van der Waals surface area contributed by atoms with Crippen LogP contribution < -0.4 is 5.73 Å². The molecule has 0 bridgehead atoms. The lowest BCUT2D eigenvalue weighted by molar-refractivity contribution is 0.713. The van der Waals surface area contributed by atoms with Gasteiger partial charge in [0, 0.05) is 24.5 Å². The van der Waals surface area contributed by atoms with Crippen LogP contribution in [-0.2, 0) is 7.05 Å². The van der Waals surface area contributed by atoms with Crippen molar-refractivity contribution in [3.63, 3.8) is 0 Å². The van der Waals surface area contributed by atoms with Crippen molar-refractivity contribution < 1.29 is 0 Å². The van der Waals surface area contributed by atoms with Crippen molar-refractivity contribution in [2.75, 3.05) is 5.73 Å². The van der Waals surface area contributed by atoms with Crippen molar-refractivity contribution in [1.82, 2.24) is 9.78 Å². The number of aromatic nitrogens is 2. The molecule has 3 heteroatoms. The number of hydrogen-bond acceptors (Lipinski definition) is 2. The molecule has 0 radical (unpaired) electrons. The lowest BCUT2D eigenvalue weighted by Crippen LogP contribution is -1.93. The average Bonchev–Trinajstić information content (AvgIpc) is 2.61. The van der Waals surface area contributed by atoms with Crippen LogP contribution in [0.3, 0.4) is 0 Å². The van der Waals surface area contributed by atoms with Crippen LogP contribution in [0.5, 0.6) is 0 Å². The third-order valence-corrected chi connectivity index (χ3v) is 2.63. The third kappa shape index (κ3) is 1.94. The van der Waals surface area contributed by atoms with Crippen LogP contribution in [0.15, 0.2) is 30.5 Å². The summed E-state index contributed by atoms with van der Waals surface area (Å²) >= 11 is 0. The Morgan fingerprint density at radius 2 is 1.81 bits per heavy atom. The van der Waals surface area contributed by atoms with E-state index in [2.05, 4.69) is 25.1 Å². The lowest BCUT2D eigenvalue weighted by atomic mass is 10.0. The van der Waals surface area contributed by atoms with Crippen LogP contribution in [0.25, 0.3) is 11.1 Å². The number of hydrogen-bond donors (Lipinski definition) is 1. The van der Waals surface area contributed by atoms with Crippen molar-refractivity contribution >= 4 is 5.69 Å². The molecule has 1 heterocycles. The van der Waals surface area contributed by atoms with Gasteiger partial charge in [-0.15, -0.1) is 0 Å². The highest BCUT2D eigenvalue weighted by Crippen LogP contribution is 2.28.